The molecule has 0 aliphatic carbocycles. The number of aliphatic hydroxyl groups excluding tert-OH is 1. The highest BCUT2D eigenvalue weighted by Crippen LogP contribution is 2.35. The number of rotatable bonds is 7. The SMILES string of the molecule is CN1CCN(c2nc3ccccc3c(NCCOCCO)c2N)CC1. The van der Waals surface area contributed by atoms with Crippen molar-refractivity contribution in [3.05, 3.63) is 24.3 Å². The lowest BCUT2D eigenvalue weighted by molar-refractivity contribution is 0.0992. The lowest BCUT2D eigenvalue weighted by Gasteiger charge is -2.34. The first-order valence-corrected chi connectivity index (χ1v) is 8.75. The molecule has 0 atom stereocenters. The molecule has 7 heteroatoms. The van der Waals surface area contributed by atoms with E-state index in [1.54, 1.807) is 0 Å². The monoisotopic (exact) mass is 345 g/mol. The zero-order valence-corrected chi connectivity index (χ0v) is 14.7. The fraction of sp³-hybridized carbons (Fsp3) is 0.500. The second-order valence-corrected chi connectivity index (χ2v) is 6.29. The van der Waals surface area contributed by atoms with Crippen LogP contribution in [0, 0.1) is 0 Å². The summed E-state index contributed by atoms with van der Waals surface area (Å²) in [6, 6.07) is 8.03. The van der Waals surface area contributed by atoms with Crippen molar-refractivity contribution in [3.8, 4) is 0 Å². The van der Waals surface area contributed by atoms with Crippen molar-refractivity contribution in [3.63, 3.8) is 0 Å². The van der Waals surface area contributed by atoms with Gasteiger partial charge in [-0.3, -0.25) is 0 Å². The first-order valence-electron chi connectivity index (χ1n) is 8.75. The maximum absolute atomic E-state index is 8.78. The van der Waals surface area contributed by atoms with E-state index in [1.807, 2.05) is 24.3 Å². The summed E-state index contributed by atoms with van der Waals surface area (Å²) in [5.74, 6) is 0.852. The van der Waals surface area contributed by atoms with Crippen LogP contribution in [0.15, 0.2) is 24.3 Å². The van der Waals surface area contributed by atoms with Gasteiger partial charge in [-0.05, 0) is 13.1 Å². The molecule has 0 amide bonds. The molecule has 1 aliphatic rings. The molecule has 7 nitrogen and oxygen atoms in total. The fourth-order valence-electron chi connectivity index (χ4n) is 3.08. The number of aromatic nitrogens is 1. The topological polar surface area (TPSA) is 86.9 Å². The van der Waals surface area contributed by atoms with Crippen molar-refractivity contribution in [1.82, 2.24) is 9.88 Å². The second kappa shape index (κ2) is 8.33. The minimum atomic E-state index is 0.0356. The van der Waals surface area contributed by atoms with Gasteiger partial charge in [-0.15, -0.1) is 0 Å². The molecule has 1 saturated heterocycles. The predicted molar refractivity (Wildman–Crippen MR) is 102 cm³/mol. The molecule has 0 spiro atoms. The molecule has 136 valence electrons. The van der Waals surface area contributed by atoms with Crippen molar-refractivity contribution in [2.24, 2.45) is 0 Å². The van der Waals surface area contributed by atoms with Gasteiger partial charge in [-0.2, -0.15) is 0 Å². The zero-order chi connectivity index (χ0) is 17.6. The molecular formula is C18H27N5O2. The summed E-state index contributed by atoms with van der Waals surface area (Å²) >= 11 is 0. The number of para-hydroxylation sites is 1. The van der Waals surface area contributed by atoms with Crippen LogP contribution >= 0.6 is 0 Å². The number of likely N-dealkylation sites (N-methyl/N-ethyl adjacent to an activating group) is 1. The smallest absolute Gasteiger partial charge is 0.154 e. The Morgan fingerprint density at radius 3 is 2.72 bits per heavy atom. The largest absolute Gasteiger partial charge is 0.394 e. The van der Waals surface area contributed by atoms with Gasteiger partial charge in [0.05, 0.1) is 36.7 Å². The van der Waals surface area contributed by atoms with E-state index in [2.05, 4.69) is 22.2 Å². The number of pyridine rings is 1. The Balaban J connectivity index is 1.86. The van der Waals surface area contributed by atoms with Gasteiger partial charge in [-0.25, -0.2) is 4.98 Å². The predicted octanol–water partition coefficient (Wildman–Crippen LogP) is 0.990. The van der Waals surface area contributed by atoms with E-state index >= 15 is 0 Å². The van der Waals surface area contributed by atoms with E-state index in [1.165, 1.54) is 0 Å². The molecule has 1 fully saturated rings. The van der Waals surface area contributed by atoms with Crippen LogP contribution < -0.4 is 16.0 Å². The molecule has 0 bridgehead atoms. The van der Waals surface area contributed by atoms with Crippen molar-refractivity contribution in [2.75, 3.05) is 75.5 Å². The molecule has 4 N–H and O–H groups in total. The summed E-state index contributed by atoms with van der Waals surface area (Å²) in [5, 5.41) is 13.2. The highest BCUT2D eigenvalue weighted by molar-refractivity contribution is 6.01. The average Bonchev–Trinajstić information content (AvgIpc) is 2.63. The summed E-state index contributed by atoms with van der Waals surface area (Å²) in [4.78, 5) is 9.39. The molecule has 2 aromatic rings. The summed E-state index contributed by atoms with van der Waals surface area (Å²) in [6.45, 7) is 5.38. The maximum Gasteiger partial charge on any atom is 0.154 e. The third kappa shape index (κ3) is 4.12. The van der Waals surface area contributed by atoms with Gasteiger partial charge < -0.3 is 30.7 Å². The normalized spacial score (nSPS) is 15.7. The van der Waals surface area contributed by atoms with Crippen LogP contribution in [0.1, 0.15) is 0 Å². The van der Waals surface area contributed by atoms with Gasteiger partial charge in [0, 0.05) is 38.1 Å². The van der Waals surface area contributed by atoms with Crippen molar-refractivity contribution < 1.29 is 9.84 Å². The third-order valence-corrected chi connectivity index (χ3v) is 4.50. The van der Waals surface area contributed by atoms with Gasteiger partial charge >= 0.3 is 0 Å². The lowest BCUT2D eigenvalue weighted by Crippen LogP contribution is -2.45. The molecule has 1 aliphatic heterocycles. The summed E-state index contributed by atoms with van der Waals surface area (Å²) < 4.78 is 5.33. The quantitative estimate of drug-likeness (QED) is 0.645. The number of benzene rings is 1. The van der Waals surface area contributed by atoms with E-state index in [9.17, 15) is 0 Å². The number of fused-ring (bicyclic) bond motifs is 1. The zero-order valence-electron chi connectivity index (χ0n) is 14.7. The van der Waals surface area contributed by atoms with E-state index in [0.29, 0.717) is 25.4 Å². The molecule has 0 unspecified atom stereocenters. The van der Waals surface area contributed by atoms with Gasteiger partial charge in [0.1, 0.15) is 0 Å². The molecule has 25 heavy (non-hydrogen) atoms. The second-order valence-electron chi connectivity index (χ2n) is 6.29. The number of aliphatic hydroxyl groups is 1. The Kier molecular flexibility index (Phi) is 5.91. The first-order chi connectivity index (χ1) is 12.2. The number of hydrogen-bond acceptors (Lipinski definition) is 7. The molecule has 3 rings (SSSR count). The van der Waals surface area contributed by atoms with Gasteiger partial charge in [0.2, 0.25) is 0 Å². The van der Waals surface area contributed by atoms with Crippen LogP contribution in [0.25, 0.3) is 10.9 Å². The highest BCUT2D eigenvalue weighted by Gasteiger charge is 2.20. The number of piperazine rings is 1. The number of nitrogen functional groups attached to an aromatic ring is 1. The molecule has 0 radical (unpaired) electrons. The van der Waals surface area contributed by atoms with Crippen LogP contribution in [-0.4, -0.2) is 74.6 Å². The van der Waals surface area contributed by atoms with E-state index in [4.69, 9.17) is 20.6 Å². The van der Waals surface area contributed by atoms with Crippen molar-refractivity contribution in [2.45, 2.75) is 0 Å². The number of nitrogens with one attached hydrogen (secondary N) is 1. The fourth-order valence-corrected chi connectivity index (χ4v) is 3.08. The van der Waals surface area contributed by atoms with Crippen LogP contribution in [0.2, 0.25) is 0 Å². The highest BCUT2D eigenvalue weighted by atomic mass is 16.5. The maximum atomic E-state index is 8.78. The Bertz CT molecular complexity index is 701. The molecular weight excluding hydrogens is 318 g/mol. The molecule has 0 saturated carbocycles. The standard InChI is InChI=1S/C18H27N5O2/c1-22-7-9-23(10-8-22)18-16(19)17(20-6-12-25-13-11-24)14-4-2-3-5-15(14)21-18/h2-5,24H,6-13,19H2,1H3,(H,20,21). The number of ether oxygens (including phenoxy) is 1. The Labute approximate surface area is 148 Å². The van der Waals surface area contributed by atoms with E-state index < -0.39 is 0 Å². The Morgan fingerprint density at radius 2 is 1.96 bits per heavy atom. The lowest BCUT2D eigenvalue weighted by atomic mass is 10.1. The van der Waals surface area contributed by atoms with Crippen LogP contribution in [0.3, 0.4) is 0 Å². The molecule has 1 aromatic carbocycles. The van der Waals surface area contributed by atoms with Crippen molar-refractivity contribution >= 4 is 28.1 Å². The van der Waals surface area contributed by atoms with Crippen LogP contribution in [0.4, 0.5) is 17.2 Å². The number of nitrogens with zero attached hydrogens (tertiary/aromatic N) is 3. The number of hydrogen-bond donors (Lipinski definition) is 3. The minimum absolute atomic E-state index is 0.0356. The van der Waals surface area contributed by atoms with E-state index in [-0.39, 0.29) is 6.61 Å². The van der Waals surface area contributed by atoms with Gasteiger partial charge in [0.25, 0.3) is 0 Å². The first kappa shape index (κ1) is 17.7. The Hall–Kier alpha value is -2.09. The minimum Gasteiger partial charge on any atom is -0.394 e. The number of anilines is 3. The van der Waals surface area contributed by atoms with Crippen molar-refractivity contribution in [1.29, 1.82) is 0 Å². The van der Waals surface area contributed by atoms with Gasteiger partial charge in [0.15, 0.2) is 5.82 Å². The van der Waals surface area contributed by atoms with Gasteiger partial charge in [-0.1, -0.05) is 18.2 Å². The molecule has 1 aromatic heterocycles. The number of nitrogens with two attached hydrogens (primary N) is 1. The summed E-state index contributed by atoms with van der Waals surface area (Å²) in [7, 11) is 2.13. The Morgan fingerprint density at radius 1 is 1.20 bits per heavy atom. The molecule has 2 heterocycles. The van der Waals surface area contributed by atoms with Crippen LogP contribution in [-0.2, 0) is 4.74 Å². The van der Waals surface area contributed by atoms with Crippen LogP contribution in [0.5, 0.6) is 0 Å². The summed E-state index contributed by atoms with van der Waals surface area (Å²) in [5.41, 5.74) is 9.02. The summed E-state index contributed by atoms with van der Waals surface area (Å²) in [6.07, 6.45) is 0. The van der Waals surface area contributed by atoms with E-state index in [0.717, 1.165) is 48.6 Å². The average molecular weight is 345 g/mol. The third-order valence-electron chi connectivity index (χ3n) is 4.50.